The van der Waals surface area contributed by atoms with Crippen LogP contribution in [-0.2, 0) is 4.79 Å². The van der Waals surface area contributed by atoms with E-state index in [0.29, 0.717) is 35.4 Å². The Morgan fingerprint density at radius 2 is 1.59 bits per heavy atom. The molecule has 32 heavy (non-hydrogen) atoms. The maximum Gasteiger partial charge on any atom is 0.159 e. The molecular weight excluding hydrogens is 392 g/mol. The number of fused-ring (bicyclic) bond motifs is 6. The molecule has 0 aromatic heterocycles. The van der Waals surface area contributed by atoms with Gasteiger partial charge in [0.05, 0.1) is 6.10 Å². The molecule has 8 atom stereocenters. The molecule has 0 bridgehead atoms. The van der Waals surface area contributed by atoms with Crippen molar-refractivity contribution in [2.45, 2.75) is 119 Å². The van der Waals surface area contributed by atoms with E-state index < -0.39 is 6.10 Å². The zero-order chi connectivity index (χ0) is 23.5. The molecule has 0 amide bonds. The SMILES string of the molecule is CC(C)C1CCC2C1(C)CCC1(C)C3=C(C(O)CC21C)C1(C)CCCC(C)(C)C1CC3=O. The number of ketones is 1. The van der Waals surface area contributed by atoms with Gasteiger partial charge < -0.3 is 5.11 Å². The highest BCUT2D eigenvalue weighted by atomic mass is 16.3. The van der Waals surface area contributed by atoms with Crippen LogP contribution in [0.4, 0.5) is 0 Å². The second kappa shape index (κ2) is 6.73. The lowest BCUT2D eigenvalue weighted by molar-refractivity contribution is -0.149. The van der Waals surface area contributed by atoms with Crippen molar-refractivity contribution in [1.29, 1.82) is 0 Å². The summed E-state index contributed by atoms with van der Waals surface area (Å²) >= 11 is 0. The first-order valence-corrected chi connectivity index (χ1v) is 13.7. The van der Waals surface area contributed by atoms with E-state index in [0.717, 1.165) is 30.8 Å². The molecule has 2 nitrogen and oxygen atoms in total. The van der Waals surface area contributed by atoms with E-state index in [1.165, 1.54) is 37.7 Å². The molecule has 0 saturated heterocycles. The summed E-state index contributed by atoms with van der Waals surface area (Å²) in [6.07, 6.45) is 9.56. The highest BCUT2D eigenvalue weighted by Crippen LogP contribution is 2.75. The van der Waals surface area contributed by atoms with E-state index in [9.17, 15) is 9.90 Å². The largest absolute Gasteiger partial charge is 0.389 e. The van der Waals surface area contributed by atoms with Crippen molar-refractivity contribution in [2.24, 2.45) is 50.7 Å². The van der Waals surface area contributed by atoms with E-state index in [2.05, 4.69) is 55.4 Å². The van der Waals surface area contributed by atoms with Crippen molar-refractivity contribution in [3.8, 4) is 0 Å². The molecule has 3 fully saturated rings. The summed E-state index contributed by atoms with van der Waals surface area (Å²) in [5, 5.41) is 11.9. The number of allylic oxidation sites excluding steroid dienone is 1. The summed E-state index contributed by atoms with van der Waals surface area (Å²) in [6.45, 7) is 19.4. The Morgan fingerprint density at radius 1 is 0.906 bits per heavy atom. The predicted molar refractivity (Wildman–Crippen MR) is 131 cm³/mol. The van der Waals surface area contributed by atoms with Gasteiger partial charge >= 0.3 is 0 Å². The van der Waals surface area contributed by atoms with Crippen LogP contribution in [0.5, 0.6) is 0 Å². The minimum absolute atomic E-state index is 0.00489. The zero-order valence-electron chi connectivity index (χ0n) is 22.1. The minimum Gasteiger partial charge on any atom is -0.389 e. The first-order chi connectivity index (χ1) is 14.7. The van der Waals surface area contributed by atoms with E-state index >= 15 is 0 Å². The Labute approximate surface area is 197 Å². The molecule has 0 aromatic carbocycles. The average molecular weight is 441 g/mol. The van der Waals surface area contributed by atoms with Gasteiger partial charge in [-0.3, -0.25) is 4.79 Å². The van der Waals surface area contributed by atoms with Gasteiger partial charge in [0.15, 0.2) is 5.78 Å². The summed E-state index contributed by atoms with van der Waals surface area (Å²) in [7, 11) is 0. The van der Waals surface area contributed by atoms with Gasteiger partial charge in [0, 0.05) is 17.4 Å². The lowest BCUT2D eigenvalue weighted by atomic mass is 9.37. The van der Waals surface area contributed by atoms with Gasteiger partial charge in [0.2, 0.25) is 0 Å². The van der Waals surface area contributed by atoms with Crippen LogP contribution in [0.2, 0.25) is 0 Å². The van der Waals surface area contributed by atoms with Gasteiger partial charge in [-0.15, -0.1) is 0 Å². The van der Waals surface area contributed by atoms with Gasteiger partial charge in [-0.25, -0.2) is 0 Å². The minimum atomic E-state index is -0.450. The summed E-state index contributed by atoms with van der Waals surface area (Å²) < 4.78 is 0. The predicted octanol–water partition coefficient (Wildman–Crippen LogP) is 7.35. The number of carbonyl (C=O) groups is 1. The first-order valence-electron chi connectivity index (χ1n) is 13.7. The van der Waals surface area contributed by atoms with E-state index in [1.54, 1.807) is 0 Å². The fourth-order valence-electron chi connectivity index (χ4n) is 11.1. The van der Waals surface area contributed by atoms with Crippen LogP contribution in [-0.4, -0.2) is 17.0 Å². The summed E-state index contributed by atoms with van der Waals surface area (Å²) in [4.78, 5) is 14.0. The average Bonchev–Trinajstić information content (AvgIpc) is 3.03. The van der Waals surface area contributed by atoms with E-state index in [4.69, 9.17) is 0 Å². The van der Waals surface area contributed by atoms with Crippen molar-refractivity contribution in [3.63, 3.8) is 0 Å². The Kier molecular flexibility index (Phi) is 4.87. The number of hydrogen-bond acceptors (Lipinski definition) is 2. The van der Waals surface area contributed by atoms with Crippen molar-refractivity contribution < 1.29 is 9.90 Å². The van der Waals surface area contributed by atoms with Crippen molar-refractivity contribution in [1.82, 2.24) is 0 Å². The number of carbonyl (C=O) groups excluding carboxylic acids is 1. The molecule has 180 valence electrons. The van der Waals surface area contributed by atoms with E-state index in [1.807, 2.05) is 0 Å². The highest BCUT2D eigenvalue weighted by molar-refractivity contribution is 5.99. The van der Waals surface area contributed by atoms with Gasteiger partial charge in [0.1, 0.15) is 0 Å². The molecule has 8 unspecified atom stereocenters. The standard InChI is InChI=1S/C30H48O2/c1-18(2)19-10-11-22-27(19,5)14-15-29(7)25-20(31)16-23-26(3,4)12-9-13-28(23,6)24(25)21(32)17-30(22,29)8/h18-19,21-23,32H,9-17H2,1-8H3. The maximum atomic E-state index is 14.0. The topological polar surface area (TPSA) is 37.3 Å². The molecule has 5 rings (SSSR count). The number of hydrogen-bond donors (Lipinski definition) is 1. The molecule has 5 aliphatic rings. The zero-order valence-corrected chi connectivity index (χ0v) is 22.1. The summed E-state index contributed by atoms with van der Waals surface area (Å²) in [6, 6.07) is 0. The van der Waals surface area contributed by atoms with Crippen LogP contribution < -0.4 is 0 Å². The molecule has 5 aliphatic carbocycles. The second-order valence-corrected chi connectivity index (χ2v) is 14.7. The van der Waals surface area contributed by atoms with Gasteiger partial charge in [-0.05, 0) is 95.9 Å². The molecule has 0 heterocycles. The number of rotatable bonds is 1. The summed E-state index contributed by atoms with van der Waals surface area (Å²) in [5.41, 5.74) is 2.69. The maximum absolute atomic E-state index is 14.0. The van der Waals surface area contributed by atoms with Crippen LogP contribution in [0.3, 0.4) is 0 Å². The lowest BCUT2D eigenvalue weighted by Crippen LogP contribution is -2.62. The number of aliphatic hydroxyl groups excluding tert-OH is 1. The molecule has 0 spiro atoms. The fourth-order valence-corrected chi connectivity index (χ4v) is 11.1. The molecule has 1 N–H and O–H groups in total. The monoisotopic (exact) mass is 440 g/mol. The quantitative estimate of drug-likeness (QED) is 0.463. The van der Waals surface area contributed by atoms with Gasteiger partial charge in [-0.2, -0.15) is 0 Å². The smallest absolute Gasteiger partial charge is 0.159 e. The lowest BCUT2D eigenvalue weighted by Gasteiger charge is -2.67. The molecule has 3 saturated carbocycles. The second-order valence-electron chi connectivity index (χ2n) is 14.7. The van der Waals surface area contributed by atoms with Crippen molar-refractivity contribution >= 4 is 5.78 Å². The van der Waals surface area contributed by atoms with Gasteiger partial charge in [0.25, 0.3) is 0 Å². The van der Waals surface area contributed by atoms with Crippen LogP contribution in [0.1, 0.15) is 113 Å². The molecular formula is C30H48O2. The molecule has 0 aliphatic heterocycles. The molecule has 2 heteroatoms. The van der Waals surface area contributed by atoms with Crippen LogP contribution in [0, 0.1) is 50.7 Å². The normalized spacial score (nSPS) is 52.4. The Balaban J connectivity index is 1.67. The Morgan fingerprint density at radius 3 is 2.25 bits per heavy atom. The molecule has 0 aromatic rings. The molecule has 0 radical (unpaired) electrons. The van der Waals surface area contributed by atoms with E-state index in [-0.39, 0.29) is 21.7 Å². The third-order valence-electron chi connectivity index (χ3n) is 12.7. The van der Waals surface area contributed by atoms with Gasteiger partial charge in [-0.1, -0.05) is 61.8 Å². The Hall–Kier alpha value is -0.630. The third-order valence-corrected chi connectivity index (χ3v) is 12.7. The highest BCUT2D eigenvalue weighted by Gasteiger charge is 2.69. The van der Waals surface area contributed by atoms with Crippen molar-refractivity contribution in [3.05, 3.63) is 11.1 Å². The van der Waals surface area contributed by atoms with Crippen LogP contribution in [0.15, 0.2) is 11.1 Å². The van der Waals surface area contributed by atoms with Crippen molar-refractivity contribution in [2.75, 3.05) is 0 Å². The number of aliphatic hydroxyl groups is 1. The summed E-state index contributed by atoms with van der Waals surface area (Å²) in [5.74, 6) is 2.83. The first kappa shape index (κ1) is 23.1. The third kappa shape index (κ3) is 2.60. The Bertz CT molecular complexity index is 866. The van der Waals surface area contributed by atoms with Crippen LogP contribution >= 0.6 is 0 Å². The number of Topliss-reactive ketones (excluding diaryl/α,β-unsaturated/α-hetero) is 1. The fraction of sp³-hybridized carbons (Fsp3) is 0.900. The van der Waals surface area contributed by atoms with Crippen LogP contribution in [0.25, 0.3) is 0 Å².